The highest BCUT2D eigenvalue weighted by molar-refractivity contribution is 5.84. The molecule has 2 rings (SSSR count). The first-order valence-corrected chi connectivity index (χ1v) is 10.3. The van der Waals surface area contributed by atoms with Gasteiger partial charge in [-0.05, 0) is 32.3 Å². The van der Waals surface area contributed by atoms with Crippen molar-refractivity contribution in [2.75, 3.05) is 6.61 Å². The molecule has 2 heterocycles. The van der Waals surface area contributed by atoms with Crippen molar-refractivity contribution >= 4 is 22.9 Å². The van der Waals surface area contributed by atoms with Gasteiger partial charge in [0, 0.05) is 19.2 Å². The molecule has 0 saturated carbocycles. The van der Waals surface area contributed by atoms with Gasteiger partial charge in [-0.15, -0.1) is 0 Å². The number of carbonyl (C=O) groups excluding carboxylic acids is 2. The summed E-state index contributed by atoms with van der Waals surface area (Å²) in [5.74, 6) is 0.472. The number of aromatic nitrogens is 3. The van der Waals surface area contributed by atoms with Gasteiger partial charge in [0.1, 0.15) is 17.4 Å². The van der Waals surface area contributed by atoms with Crippen molar-refractivity contribution in [2.24, 2.45) is 0 Å². The minimum absolute atomic E-state index is 0.114. The summed E-state index contributed by atoms with van der Waals surface area (Å²) >= 11 is 0. The predicted octanol–water partition coefficient (Wildman–Crippen LogP) is 3.54. The monoisotopic (exact) mass is 388 g/mol. The topological polar surface area (TPSA) is 86.1 Å². The second kappa shape index (κ2) is 11.4. The number of unbranched alkanes of at least 4 members (excludes halogenated alkanes) is 2. The van der Waals surface area contributed by atoms with Crippen LogP contribution in [0.3, 0.4) is 0 Å². The standard InChI is InChI=1S/C21H32N4O3/c1-4-6-9-17(21(27)28-14-7-5-2)24-20(26)10-8-13-25-16(3)23-18-15-22-12-11-19(18)25/h11-12,15,17H,4-10,13-14H2,1-3H3,(H,24,26)/t17-/m0/s1. The fourth-order valence-electron chi connectivity index (χ4n) is 3.12. The number of nitrogens with one attached hydrogen (secondary N) is 1. The van der Waals surface area contributed by atoms with Crippen molar-refractivity contribution in [3.63, 3.8) is 0 Å². The van der Waals surface area contributed by atoms with Crippen LogP contribution >= 0.6 is 0 Å². The molecule has 0 aliphatic heterocycles. The Morgan fingerprint density at radius 1 is 1.21 bits per heavy atom. The SMILES string of the molecule is CCCCOC(=O)[C@H](CCCC)NC(=O)CCCn1c(C)nc2cnccc21. The molecular weight excluding hydrogens is 356 g/mol. The molecule has 2 aromatic rings. The van der Waals surface area contributed by atoms with Gasteiger partial charge in [-0.1, -0.05) is 33.1 Å². The summed E-state index contributed by atoms with van der Waals surface area (Å²) < 4.78 is 7.39. The number of amides is 1. The Morgan fingerprint density at radius 3 is 2.75 bits per heavy atom. The van der Waals surface area contributed by atoms with Crippen LogP contribution in [0, 0.1) is 6.92 Å². The van der Waals surface area contributed by atoms with E-state index in [1.165, 1.54) is 0 Å². The Labute approximate surface area is 166 Å². The fourth-order valence-corrected chi connectivity index (χ4v) is 3.12. The normalized spacial score (nSPS) is 12.1. The van der Waals surface area contributed by atoms with Crippen molar-refractivity contribution in [3.05, 3.63) is 24.3 Å². The van der Waals surface area contributed by atoms with Crippen molar-refractivity contribution in [1.29, 1.82) is 0 Å². The summed E-state index contributed by atoms with van der Waals surface area (Å²) in [6.45, 7) is 7.17. The first-order chi connectivity index (χ1) is 13.6. The Balaban J connectivity index is 1.85. The Morgan fingerprint density at radius 2 is 2.00 bits per heavy atom. The van der Waals surface area contributed by atoms with Crippen LogP contribution in [0.5, 0.6) is 0 Å². The summed E-state index contributed by atoms with van der Waals surface area (Å²) in [6, 6.07) is 1.38. The molecule has 0 aliphatic carbocycles. The van der Waals surface area contributed by atoms with Gasteiger partial charge in [0.15, 0.2) is 0 Å². The number of pyridine rings is 1. The molecule has 0 aliphatic rings. The van der Waals surface area contributed by atoms with Crippen molar-refractivity contribution < 1.29 is 14.3 Å². The van der Waals surface area contributed by atoms with Gasteiger partial charge in [-0.3, -0.25) is 9.78 Å². The number of hydrogen-bond donors (Lipinski definition) is 1. The van der Waals surface area contributed by atoms with E-state index in [1.807, 2.05) is 19.9 Å². The zero-order chi connectivity index (χ0) is 20.4. The third kappa shape index (κ3) is 6.32. The van der Waals surface area contributed by atoms with E-state index in [0.29, 0.717) is 32.4 Å². The maximum absolute atomic E-state index is 12.4. The largest absolute Gasteiger partial charge is 0.464 e. The number of ether oxygens (including phenoxy) is 1. The van der Waals surface area contributed by atoms with Gasteiger partial charge in [-0.2, -0.15) is 0 Å². The molecule has 1 amide bonds. The average molecular weight is 389 g/mol. The molecule has 0 aromatic carbocycles. The van der Waals surface area contributed by atoms with Crippen molar-refractivity contribution in [2.45, 2.75) is 78.3 Å². The molecule has 1 atom stereocenters. The van der Waals surface area contributed by atoms with E-state index in [0.717, 1.165) is 42.5 Å². The molecule has 1 N–H and O–H groups in total. The number of rotatable bonds is 12. The molecular formula is C21H32N4O3. The number of esters is 1. The number of nitrogens with zero attached hydrogens (tertiary/aromatic N) is 3. The number of carbonyl (C=O) groups is 2. The zero-order valence-electron chi connectivity index (χ0n) is 17.2. The van der Waals surface area contributed by atoms with Crippen LogP contribution in [0.4, 0.5) is 0 Å². The number of imidazole rings is 1. The van der Waals surface area contributed by atoms with Gasteiger partial charge in [0.2, 0.25) is 5.91 Å². The molecule has 0 spiro atoms. The highest BCUT2D eigenvalue weighted by Gasteiger charge is 2.21. The summed E-state index contributed by atoms with van der Waals surface area (Å²) in [5, 5.41) is 2.86. The van der Waals surface area contributed by atoms with Crippen LogP contribution in [0.25, 0.3) is 11.0 Å². The van der Waals surface area contributed by atoms with Crippen molar-refractivity contribution in [1.82, 2.24) is 19.9 Å². The van der Waals surface area contributed by atoms with Gasteiger partial charge in [-0.25, -0.2) is 9.78 Å². The summed E-state index contributed by atoms with van der Waals surface area (Å²) in [6.07, 6.45) is 8.79. The van der Waals surface area contributed by atoms with Gasteiger partial charge in [0.05, 0.1) is 18.3 Å². The second-order valence-electron chi connectivity index (χ2n) is 7.06. The van der Waals surface area contributed by atoms with Gasteiger partial charge >= 0.3 is 5.97 Å². The van der Waals surface area contributed by atoms with E-state index < -0.39 is 6.04 Å². The van der Waals surface area contributed by atoms with Gasteiger partial charge in [0.25, 0.3) is 0 Å². The lowest BCUT2D eigenvalue weighted by Crippen LogP contribution is -2.42. The van der Waals surface area contributed by atoms with Crippen molar-refractivity contribution in [3.8, 4) is 0 Å². The Bertz CT molecular complexity index is 772. The van der Waals surface area contributed by atoms with E-state index in [2.05, 4.69) is 26.8 Å². The van der Waals surface area contributed by atoms with Crippen LogP contribution < -0.4 is 5.32 Å². The smallest absolute Gasteiger partial charge is 0.328 e. The molecule has 7 heteroatoms. The third-order valence-corrected chi connectivity index (χ3v) is 4.74. The highest BCUT2D eigenvalue weighted by Crippen LogP contribution is 2.15. The second-order valence-corrected chi connectivity index (χ2v) is 7.06. The van der Waals surface area contributed by atoms with E-state index in [1.54, 1.807) is 12.4 Å². The number of hydrogen-bond acceptors (Lipinski definition) is 5. The molecule has 154 valence electrons. The molecule has 0 fully saturated rings. The lowest BCUT2D eigenvalue weighted by atomic mass is 10.1. The highest BCUT2D eigenvalue weighted by atomic mass is 16.5. The molecule has 0 radical (unpaired) electrons. The van der Waals surface area contributed by atoms with Crippen LogP contribution in [0.1, 0.15) is 64.6 Å². The summed E-state index contributed by atoms with van der Waals surface area (Å²) in [4.78, 5) is 33.2. The Kier molecular flexibility index (Phi) is 8.91. The minimum Gasteiger partial charge on any atom is -0.464 e. The predicted molar refractivity (Wildman–Crippen MR) is 109 cm³/mol. The fraction of sp³-hybridized carbons (Fsp3) is 0.619. The van der Waals surface area contributed by atoms with Gasteiger partial charge < -0.3 is 14.6 Å². The maximum Gasteiger partial charge on any atom is 0.328 e. The van der Waals surface area contributed by atoms with Crippen LogP contribution in [-0.4, -0.2) is 39.1 Å². The average Bonchev–Trinajstić information content (AvgIpc) is 3.00. The van der Waals surface area contributed by atoms with E-state index in [-0.39, 0.29) is 11.9 Å². The van der Waals surface area contributed by atoms with E-state index >= 15 is 0 Å². The summed E-state index contributed by atoms with van der Waals surface area (Å²) in [7, 11) is 0. The number of fused-ring (bicyclic) bond motifs is 1. The minimum atomic E-state index is -0.550. The molecule has 28 heavy (non-hydrogen) atoms. The molecule has 0 saturated heterocycles. The molecule has 0 unspecified atom stereocenters. The first-order valence-electron chi connectivity index (χ1n) is 10.3. The van der Waals surface area contributed by atoms with E-state index in [4.69, 9.17) is 4.74 Å². The van der Waals surface area contributed by atoms with E-state index in [9.17, 15) is 9.59 Å². The quantitative estimate of drug-likeness (QED) is 0.444. The van der Waals surface area contributed by atoms with Crippen LogP contribution in [-0.2, 0) is 20.9 Å². The zero-order valence-corrected chi connectivity index (χ0v) is 17.2. The summed E-state index contributed by atoms with van der Waals surface area (Å²) in [5.41, 5.74) is 1.88. The number of aryl methyl sites for hydroxylation is 2. The maximum atomic E-state index is 12.4. The lowest BCUT2D eigenvalue weighted by molar-refractivity contribution is -0.148. The molecule has 7 nitrogen and oxygen atoms in total. The first kappa shape index (κ1) is 21.9. The molecule has 2 aromatic heterocycles. The molecule has 0 bridgehead atoms. The van der Waals surface area contributed by atoms with Crippen LogP contribution in [0.2, 0.25) is 0 Å². The lowest BCUT2D eigenvalue weighted by Gasteiger charge is -2.17. The third-order valence-electron chi connectivity index (χ3n) is 4.74. The Hall–Kier alpha value is -2.44. The van der Waals surface area contributed by atoms with Crippen LogP contribution in [0.15, 0.2) is 18.5 Å².